The molecule has 0 atom stereocenters. The molecule has 0 saturated heterocycles. The Balaban J connectivity index is 2.04. The Morgan fingerprint density at radius 3 is 2.80 bits per heavy atom. The summed E-state index contributed by atoms with van der Waals surface area (Å²) in [6.45, 7) is 0.859. The first-order chi connectivity index (χ1) is 7.40. The summed E-state index contributed by atoms with van der Waals surface area (Å²) in [5.41, 5.74) is 3.58. The van der Waals surface area contributed by atoms with Gasteiger partial charge in [0.25, 0.3) is 0 Å². The second-order valence-electron chi connectivity index (χ2n) is 3.28. The number of rotatable bonds is 4. The van der Waals surface area contributed by atoms with Gasteiger partial charge >= 0.3 is 0 Å². The molecule has 0 saturated carbocycles. The molecule has 0 aliphatic carbocycles. The summed E-state index contributed by atoms with van der Waals surface area (Å²) in [4.78, 5) is 0. The minimum absolute atomic E-state index is 0.548. The number of nitrogens with one attached hydrogen (secondary N) is 1. The minimum atomic E-state index is 0.548. The van der Waals surface area contributed by atoms with Crippen molar-refractivity contribution in [3.8, 4) is 0 Å². The van der Waals surface area contributed by atoms with Crippen molar-refractivity contribution in [1.82, 2.24) is 0 Å². The molecule has 2 aromatic rings. The zero-order chi connectivity index (χ0) is 10.5. The SMILES string of the molecule is ClCc1ccccc1NCc1ccsc1. The van der Waals surface area contributed by atoms with E-state index in [0.29, 0.717) is 5.88 Å². The van der Waals surface area contributed by atoms with E-state index in [0.717, 1.165) is 17.8 Å². The van der Waals surface area contributed by atoms with E-state index in [2.05, 4.69) is 28.2 Å². The van der Waals surface area contributed by atoms with Crippen LogP contribution in [0.1, 0.15) is 11.1 Å². The lowest BCUT2D eigenvalue weighted by Crippen LogP contribution is -2.00. The third-order valence-corrected chi connectivity index (χ3v) is 3.24. The Morgan fingerprint density at radius 1 is 1.20 bits per heavy atom. The number of halogens is 1. The molecule has 0 amide bonds. The lowest BCUT2D eigenvalue weighted by Gasteiger charge is -2.08. The molecule has 0 unspecified atom stereocenters. The molecule has 0 bridgehead atoms. The maximum atomic E-state index is 5.85. The second kappa shape index (κ2) is 5.19. The summed E-state index contributed by atoms with van der Waals surface area (Å²) in [5, 5.41) is 7.63. The van der Waals surface area contributed by atoms with Crippen LogP contribution >= 0.6 is 22.9 Å². The van der Waals surface area contributed by atoms with Crippen molar-refractivity contribution >= 4 is 28.6 Å². The van der Waals surface area contributed by atoms with Crippen LogP contribution in [-0.2, 0) is 12.4 Å². The molecule has 1 N–H and O–H groups in total. The molecule has 0 aliphatic rings. The van der Waals surface area contributed by atoms with E-state index in [-0.39, 0.29) is 0 Å². The molecule has 0 spiro atoms. The van der Waals surface area contributed by atoms with E-state index >= 15 is 0 Å². The van der Waals surface area contributed by atoms with Crippen LogP contribution in [0.4, 0.5) is 5.69 Å². The number of hydrogen-bond donors (Lipinski definition) is 1. The molecule has 3 heteroatoms. The maximum Gasteiger partial charge on any atom is 0.0494 e. The largest absolute Gasteiger partial charge is 0.381 e. The predicted molar refractivity (Wildman–Crippen MR) is 67.6 cm³/mol. The Bertz CT molecular complexity index is 411. The van der Waals surface area contributed by atoms with Gasteiger partial charge < -0.3 is 5.32 Å². The normalized spacial score (nSPS) is 10.2. The van der Waals surface area contributed by atoms with E-state index in [9.17, 15) is 0 Å². The summed E-state index contributed by atoms with van der Waals surface area (Å²) >= 11 is 7.57. The summed E-state index contributed by atoms with van der Waals surface area (Å²) in [6.07, 6.45) is 0. The minimum Gasteiger partial charge on any atom is -0.381 e. The second-order valence-corrected chi connectivity index (χ2v) is 4.32. The Morgan fingerprint density at radius 2 is 2.07 bits per heavy atom. The number of benzene rings is 1. The fourth-order valence-corrected chi connectivity index (χ4v) is 2.30. The van der Waals surface area contributed by atoms with Gasteiger partial charge in [-0.05, 0) is 34.0 Å². The number of thiophene rings is 1. The summed E-state index contributed by atoms with van der Waals surface area (Å²) < 4.78 is 0. The Kier molecular flexibility index (Phi) is 3.64. The Hall–Kier alpha value is -0.990. The van der Waals surface area contributed by atoms with Crippen molar-refractivity contribution in [3.05, 3.63) is 52.2 Å². The van der Waals surface area contributed by atoms with Crippen LogP contribution in [0.25, 0.3) is 0 Å². The number of anilines is 1. The van der Waals surface area contributed by atoms with Crippen LogP contribution < -0.4 is 5.32 Å². The first-order valence-corrected chi connectivity index (χ1v) is 6.26. The van der Waals surface area contributed by atoms with Gasteiger partial charge in [0.15, 0.2) is 0 Å². The van der Waals surface area contributed by atoms with Gasteiger partial charge in [-0.1, -0.05) is 18.2 Å². The van der Waals surface area contributed by atoms with Gasteiger partial charge in [0.1, 0.15) is 0 Å². The predicted octanol–water partition coefficient (Wildman–Crippen LogP) is 4.10. The van der Waals surface area contributed by atoms with E-state index in [1.54, 1.807) is 11.3 Å². The van der Waals surface area contributed by atoms with Crippen LogP contribution in [0.15, 0.2) is 41.1 Å². The monoisotopic (exact) mass is 237 g/mol. The highest BCUT2D eigenvalue weighted by atomic mass is 35.5. The van der Waals surface area contributed by atoms with Crippen molar-refractivity contribution in [2.45, 2.75) is 12.4 Å². The molecule has 1 aromatic heterocycles. The molecule has 0 aliphatic heterocycles. The molecule has 0 radical (unpaired) electrons. The van der Waals surface area contributed by atoms with E-state index in [4.69, 9.17) is 11.6 Å². The van der Waals surface area contributed by atoms with Crippen LogP contribution in [0.2, 0.25) is 0 Å². The smallest absolute Gasteiger partial charge is 0.0494 e. The van der Waals surface area contributed by atoms with Gasteiger partial charge in [-0.15, -0.1) is 11.6 Å². The number of hydrogen-bond acceptors (Lipinski definition) is 2. The quantitative estimate of drug-likeness (QED) is 0.790. The van der Waals surface area contributed by atoms with Crippen LogP contribution in [0, 0.1) is 0 Å². The molecule has 78 valence electrons. The van der Waals surface area contributed by atoms with Gasteiger partial charge in [-0.2, -0.15) is 11.3 Å². The van der Waals surface area contributed by atoms with E-state index in [1.165, 1.54) is 5.56 Å². The average molecular weight is 238 g/mol. The Labute approximate surface area is 98.7 Å². The first kappa shape index (κ1) is 10.5. The standard InChI is InChI=1S/C12H12ClNS/c13-7-11-3-1-2-4-12(11)14-8-10-5-6-15-9-10/h1-6,9,14H,7-8H2. The van der Waals surface area contributed by atoms with E-state index in [1.807, 2.05) is 18.2 Å². The molecule has 15 heavy (non-hydrogen) atoms. The third kappa shape index (κ3) is 2.74. The van der Waals surface area contributed by atoms with Crippen molar-refractivity contribution in [1.29, 1.82) is 0 Å². The van der Waals surface area contributed by atoms with Crippen molar-refractivity contribution < 1.29 is 0 Å². The zero-order valence-corrected chi connectivity index (χ0v) is 9.81. The molecular weight excluding hydrogens is 226 g/mol. The topological polar surface area (TPSA) is 12.0 Å². The summed E-state index contributed by atoms with van der Waals surface area (Å²) in [6, 6.07) is 10.3. The van der Waals surface area contributed by atoms with Crippen molar-refractivity contribution in [2.75, 3.05) is 5.32 Å². The summed E-state index contributed by atoms with van der Waals surface area (Å²) in [5.74, 6) is 0.548. The van der Waals surface area contributed by atoms with Crippen molar-refractivity contribution in [3.63, 3.8) is 0 Å². The highest BCUT2D eigenvalue weighted by molar-refractivity contribution is 7.07. The number of para-hydroxylation sites is 1. The van der Waals surface area contributed by atoms with Crippen molar-refractivity contribution in [2.24, 2.45) is 0 Å². The van der Waals surface area contributed by atoms with Crippen LogP contribution in [0.5, 0.6) is 0 Å². The fourth-order valence-electron chi connectivity index (χ4n) is 1.40. The lowest BCUT2D eigenvalue weighted by atomic mass is 10.2. The first-order valence-electron chi connectivity index (χ1n) is 4.79. The van der Waals surface area contributed by atoms with Gasteiger partial charge in [0, 0.05) is 18.1 Å². The number of alkyl halides is 1. The molecule has 1 nitrogen and oxygen atoms in total. The van der Waals surface area contributed by atoms with Crippen LogP contribution in [0.3, 0.4) is 0 Å². The average Bonchev–Trinajstić information content (AvgIpc) is 2.79. The van der Waals surface area contributed by atoms with Gasteiger partial charge in [0.2, 0.25) is 0 Å². The summed E-state index contributed by atoms with van der Waals surface area (Å²) in [7, 11) is 0. The zero-order valence-electron chi connectivity index (χ0n) is 8.24. The highest BCUT2D eigenvalue weighted by Gasteiger charge is 1.99. The van der Waals surface area contributed by atoms with Gasteiger partial charge in [-0.3, -0.25) is 0 Å². The molecule has 1 aromatic carbocycles. The molecule has 1 heterocycles. The molecule has 0 fully saturated rings. The molecule has 2 rings (SSSR count). The maximum absolute atomic E-state index is 5.85. The van der Waals surface area contributed by atoms with Crippen LogP contribution in [-0.4, -0.2) is 0 Å². The lowest BCUT2D eigenvalue weighted by molar-refractivity contribution is 1.15. The van der Waals surface area contributed by atoms with Gasteiger partial charge in [0.05, 0.1) is 0 Å². The van der Waals surface area contributed by atoms with Gasteiger partial charge in [-0.25, -0.2) is 0 Å². The highest BCUT2D eigenvalue weighted by Crippen LogP contribution is 2.18. The fraction of sp³-hybridized carbons (Fsp3) is 0.167. The van der Waals surface area contributed by atoms with E-state index < -0.39 is 0 Å². The third-order valence-electron chi connectivity index (χ3n) is 2.22. The molecular formula is C12H12ClNS.